The maximum Gasteiger partial charge on any atom is 0.294 e. The third-order valence-corrected chi connectivity index (χ3v) is 6.78. The number of furan rings is 1. The molecular weight excluding hydrogens is 488 g/mol. The zero-order valence-corrected chi connectivity index (χ0v) is 22.2. The lowest BCUT2D eigenvalue weighted by Gasteiger charge is -2.33. The SMILES string of the molecule is COc1ccc([C@H](C(=O)NC2CCCCC2)N(C(=O)c2ccco2)c2ccc(OC)c(OC)c2)cc1OC. The zero-order chi connectivity index (χ0) is 27.1. The minimum absolute atomic E-state index is 0.0323. The van der Waals surface area contributed by atoms with Gasteiger partial charge in [-0.15, -0.1) is 0 Å². The molecule has 1 heterocycles. The van der Waals surface area contributed by atoms with Crippen LogP contribution in [0.2, 0.25) is 0 Å². The molecule has 1 aliphatic carbocycles. The maximum absolute atomic E-state index is 14.1. The van der Waals surface area contributed by atoms with Gasteiger partial charge in [0.1, 0.15) is 6.04 Å². The summed E-state index contributed by atoms with van der Waals surface area (Å²) in [6.45, 7) is 0. The van der Waals surface area contributed by atoms with Gasteiger partial charge < -0.3 is 28.7 Å². The molecule has 1 fully saturated rings. The second-order valence-electron chi connectivity index (χ2n) is 9.05. The van der Waals surface area contributed by atoms with Crippen LogP contribution in [0.4, 0.5) is 5.69 Å². The molecule has 0 saturated heterocycles. The predicted molar refractivity (Wildman–Crippen MR) is 142 cm³/mol. The van der Waals surface area contributed by atoms with Crippen LogP contribution < -0.4 is 29.2 Å². The maximum atomic E-state index is 14.1. The second kappa shape index (κ2) is 12.4. The van der Waals surface area contributed by atoms with E-state index < -0.39 is 11.9 Å². The summed E-state index contributed by atoms with van der Waals surface area (Å²) in [6.07, 6.45) is 6.47. The minimum Gasteiger partial charge on any atom is -0.493 e. The number of rotatable bonds is 10. The van der Waals surface area contributed by atoms with Gasteiger partial charge in [-0.2, -0.15) is 0 Å². The fourth-order valence-corrected chi connectivity index (χ4v) is 4.84. The molecule has 0 spiro atoms. The Morgan fingerprint density at radius 1 is 0.842 bits per heavy atom. The highest BCUT2D eigenvalue weighted by molar-refractivity contribution is 6.09. The van der Waals surface area contributed by atoms with Crippen LogP contribution >= 0.6 is 0 Å². The normalized spacial score (nSPS) is 14.3. The van der Waals surface area contributed by atoms with Crippen molar-refractivity contribution >= 4 is 17.5 Å². The first-order chi connectivity index (χ1) is 18.5. The van der Waals surface area contributed by atoms with Crippen LogP contribution in [0.1, 0.15) is 54.3 Å². The largest absolute Gasteiger partial charge is 0.493 e. The molecule has 9 heteroatoms. The highest BCUT2D eigenvalue weighted by atomic mass is 16.5. The lowest BCUT2D eigenvalue weighted by Crippen LogP contribution is -2.47. The van der Waals surface area contributed by atoms with E-state index in [2.05, 4.69) is 5.32 Å². The molecule has 0 unspecified atom stereocenters. The van der Waals surface area contributed by atoms with Crippen molar-refractivity contribution in [1.82, 2.24) is 5.32 Å². The van der Waals surface area contributed by atoms with Crippen molar-refractivity contribution in [2.24, 2.45) is 0 Å². The first-order valence-corrected chi connectivity index (χ1v) is 12.6. The predicted octanol–water partition coefficient (Wildman–Crippen LogP) is 5.15. The summed E-state index contributed by atoms with van der Waals surface area (Å²) in [6, 6.07) is 12.5. The number of nitrogens with zero attached hydrogens (tertiary/aromatic N) is 1. The van der Waals surface area contributed by atoms with Gasteiger partial charge in [0.15, 0.2) is 28.8 Å². The van der Waals surface area contributed by atoms with Gasteiger partial charge in [0.05, 0.1) is 34.7 Å². The minimum atomic E-state index is -1.05. The number of hydrogen-bond donors (Lipinski definition) is 1. The van der Waals surface area contributed by atoms with Gasteiger partial charge in [0.25, 0.3) is 5.91 Å². The van der Waals surface area contributed by atoms with E-state index in [-0.39, 0.29) is 17.7 Å². The van der Waals surface area contributed by atoms with E-state index in [1.165, 1.54) is 32.5 Å². The summed E-state index contributed by atoms with van der Waals surface area (Å²) in [5.41, 5.74) is 0.980. The quantitative estimate of drug-likeness (QED) is 0.393. The Bertz CT molecular complexity index is 1240. The smallest absolute Gasteiger partial charge is 0.294 e. The molecule has 2 amide bonds. The molecule has 3 aromatic rings. The summed E-state index contributed by atoms with van der Waals surface area (Å²) >= 11 is 0. The number of hydrogen-bond acceptors (Lipinski definition) is 7. The highest BCUT2D eigenvalue weighted by Crippen LogP contribution is 2.38. The number of anilines is 1. The molecular formula is C29H34N2O7. The number of nitrogens with one attached hydrogen (secondary N) is 1. The molecule has 1 N–H and O–H groups in total. The van der Waals surface area contributed by atoms with E-state index in [9.17, 15) is 9.59 Å². The number of carbonyl (C=O) groups is 2. The third-order valence-electron chi connectivity index (χ3n) is 6.78. The molecule has 202 valence electrons. The lowest BCUT2D eigenvalue weighted by atomic mass is 9.94. The van der Waals surface area contributed by atoms with Gasteiger partial charge in [0, 0.05) is 17.8 Å². The summed E-state index contributed by atoms with van der Waals surface area (Å²) in [4.78, 5) is 29.5. The van der Waals surface area contributed by atoms with E-state index in [1.54, 1.807) is 55.6 Å². The van der Waals surface area contributed by atoms with Crippen LogP contribution in [-0.4, -0.2) is 46.3 Å². The Kier molecular flexibility index (Phi) is 8.78. The topological polar surface area (TPSA) is 99.5 Å². The van der Waals surface area contributed by atoms with Crippen LogP contribution in [0.5, 0.6) is 23.0 Å². The number of methoxy groups -OCH3 is 4. The van der Waals surface area contributed by atoms with E-state index in [0.29, 0.717) is 34.2 Å². The van der Waals surface area contributed by atoms with Crippen molar-refractivity contribution in [3.05, 3.63) is 66.1 Å². The summed E-state index contributed by atoms with van der Waals surface area (Å²) in [5.74, 6) is 1.17. The Balaban J connectivity index is 1.87. The van der Waals surface area contributed by atoms with Crippen molar-refractivity contribution in [1.29, 1.82) is 0 Å². The Hall–Kier alpha value is -4.14. The molecule has 1 saturated carbocycles. The van der Waals surface area contributed by atoms with Crippen molar-refractivity contribution in [2.75, 3.05) is 33.3 Å². The molecule has 1 aromatic heterocycles. The molecule has 9 nitrogen and oxygen atoms in total. The standard InChI is InChI=1S/C29H34N2O7/c1-34-22-14-12-19(17-25(22)36-3)27(28(32)30-20-9-6-5-7-10-20)31(29(33)24-11-8-16-38-24)21-13-15-23(35-2)26(18-21)37-4/h8,11-18,20,27H,5-7,9-10H2,1-4H3,(H,30,32)/t27-/m1/s1. The summed E-state index contributed by atoms with van der Waals surface area (Å²) in [5, 5.41) is 3.19. The highest BCUT2D eigenvalue weighted by Gasteiger charge is 2.36. The van der Waals surface area contributed by atoms with Gasteiger partial charge >= 0.3 is 0 Å². The van der Waals surface area contributed by atoms with Crippen molar-refractivity contribution in [2.45, 2.75) is 44.2 Å². The van der Waals surface area contributed by atoms with Gasteiger partial charge in [-0.1, -0.05) is 25.3 Å². The Labute approximate surface area is 222 Å². The Morgan fingerprint density at radius 2 is 1.47 bits per heavy atom. The number of benzene rings is 2. The third kappa shape index (κ3) is 5.72. The lowest BCUT2D eigenvalue weighted by molar-refractivity contribution is -0.123. The molecule has 0 aliphatic heterocycles. The van der Waals surface area contributed by atoms with Crippen LogP contribution in [0.25, 0.3) is 0 Å². The van der Waals surface area contributed by atoms with Gasteiger partial charge in [-0.25, -0.2) is 0 Å². The van der Waals surface area contributed by atoms with Gasteiger partial charge in [-0.05, 0) is 54.8 Å². The first kappa shape index (κ1) is 26.9. The van der Waals surface area contributed by atoms with Gasteiger partial charge in [0.2, 0.25) is 5.91 Å². The average Bonchev–Trinajstić information content (AvgIpc) is 3.50. The number of carbonyl (C=O) groups excluding carboxylic acids is 2. The fraction of sp³-hybridized carbons (Fsp3) is 0.379. The van der Waals surface area contributed by atoms with Gasteiger partial charge in [-0.3, -0.25) is 14.5 Å². The first-order valence-electron chi connectivity index (χ1n) is 12.6. The number of ether oxygens (including phenoxy) is 4. The molecule has 0 bridgehead atoms. The van der Waals surface area contributed by atoms with E-state index in [0.717, 1.165) is 32.1 Å². The van der Waals surface area contributed by atoms with Crippen molar-refractivity contribution < 1.29 is 33.0 Å². The molecule has 1 atom stereocenters. The van der Waals surface area contributed by atoms with E-state index in [1.807, 2.05) is 0 Å². The number of amides is 2. The molecule has 0 radical (unpaired) electrons. The molecule has 38 heavy (non-hydrogen) atoms. The molecule has 1 aliphatic rings. The zero-order valence-electron chi connectivity index (χ0n) is 22.2. The van der Waals surface area contributed by atoms with Crippen molar-refractivity contribution in [3.8, 4) is 23.0 Å². The summed E-state index contributed by atoms with van der Waals surface area (Å²) < 4.78 is 27.3. The Morgan fingerprint density at radius 3 is 2.08 bits per heavy atom. The monoisotopic (exact) mass is 522 g/mol. The van der Waals surface area contributed by atoms with E-state index in [4.69, 9.17) is 23.4 Å². The molecule has 4 rings (SSSR count). The van der Waals surface area contributed by atoms with E-state index >= 15 is 0 Å². The van der Waals surface area contributed by atoms with Crippen LogP contribution in [-0.2, 0) is 4.79 Å². The van der Waals surface area contributed by atoms with Crippen LogP contribution in [0.3, 0.4) is 0 Å². The average molecular weight is 523 g/mol. The van der Waals surface area contributed by atoms with Crippen LogP contribution in [0, 0.1) is 0 Å². The van der Waals surface area contributed by atoms with Crippen molar-refractivity contribution in [3.63, 3.8) is 0 Å². The second-order valence-corrected chi connectivity index (χ2v) is 9.05. The van der Waals surface area contributed by atoms with Crippen LogP contribution in [0.15, 0.2) is 59.2 Å². The summed E-state index contributed by atoms with van der Waals surface area (Å²) in [7, 11) is 6.12. The molecule has 2 aromatic carbocycles. The fourth-order valence-electron chi connectivity index (χ4n) is 4.84.